The van der Waals surface area contributed by atoms with E-state index in [9.17, 15) is 0 Å². The Morgan fingerprint density at radius 1 is 1.60 bits per heavy atom. The van der Waals surface area contributed by atoms with E-state index in [-0.39, 0.29) is 6.04 Å². The second-order valence-electron chi connectivity index (χ2n) is 4.66. The van der Waals surface area contributed by atoms with Crippen molar-refractivity contribution in [3.05, 3.63) is 17.5 Å². The van der Waals surface area contributed by atoms with Gasteiger partial charge in [-0.15, -0.1) is 0 Å². The van der Waals surface area contributed by atoms with Gasteiger partial charge in [0.05, 0.1) is 11.4 Å². The molecule has 1 aromatic heterocycles. The zero-order chi connectivity index (χ0) is 10.8. The first kappa shape index (κ1) is 10.7. The van der Waals surface area contributed by atoms with Crippen LogP contribution in [0.25, 0.3) is 0 Å². The van der Waals surface area contributed by atoms with Crippen LogP contribution in [-0.2, 0) is 13.5 Å². The summed E-state index contributed by atoms with van der Waals surface area (Å²) < 4.78 is 1.94. The van der Waals surface area contributed by atoms with Crippen LogP contribution >= 0.6 is 0 Å². The van der Waals surface area contributed by atoms with Gasteiger partial charge in [-0.2, -0.15) is 5.10 Å². The molecular formula is C12H21N3. The summed E-state index contributed by atoms with van der Waals surface area (Å²) in [6, 6.07) is 2.32. The molecule has 2 N–H and O–H groups in total. The van der Waals surface area contributed by atoms with Crippen LogP contribution in [0.5, 0.6) is 0 Å². The van der Waals surface area contributed by atoms with E-state index in [0.29, 0.717) is 0 Å². The largest absolute Gasteiger partial charge is 0.323 e. The van der Waals surface area contributed by atoms with Gasteiger partial charge in [0.2, 0.25) is 0 Å². The molecule has 0 aromatic carbocycles. The van der Waals surface area contributed by atoms with E-state index in [1.54, 1.807) is 0 Å². The Morgan fingerprint density at radius 2 is 2.33 bits per heavy atom. The van der Waals surface area contributed by atoms with E-state index in [1.165, 1.54) is 25.0 Å². The zero-order valence-electron chi connectivity index (χ0n) is 9.74. The third-order valence-electron chi connectivity index (χ3n) is 3.29. The van der Waals surface area contributed by atoms with Crippen molar-refractivity contribution in [3.63, 3.8) is 0 Å². The number of aryl methyl sites for hydroxylation is 2. The van der Waals surface area contributed by atoms with Crippen LogP contribution in [0.1, 0.15) is 50.0 Å². The van der Waals surface area contributed by atoms with Crippen LogP contribution in [0.3, 0.4) is 0 Å². The maximum Gasteiger partial charge on any atom is 0.0625 e. The fraction of sp³-hybridized carbons (Fsp3) is 0.750. The highest BCUT2D eigenvalue weighted by molar-refractivity contribution is 5.13. The molecule has 3 heteroatoms. The van der Waals surface area contributed by atoms with Gasteiger partial charge >= 0.3 is 0 Å². The third kappa shape index (κ3) is 2.59. The molecule has 3 nitrogen and oxygen atoms in total. The molecule has 1 aliphatic carbocycles. The summed E-state index contributed by atoms with van der Waals surface area (Å²) in [7, 11) is 1.99. The Morgan fingerprint density at radius 3 is 2.87 bits per heavy atom. The molecule has 0 saturated heterocycles. The van der Waals surface area contributed by atoms with Crippen LogP contribution in [0.2, 0.25) is 0 Å². The monoisotopic (exact) mass is 207 g/mol. The molecule has 1 heterocycles. The number of nitrogens with zero attached hydrogens (tertiary/aromatic N) is 2. The van der Waals surface area contributed by atoms with Gasteiger partial charge < -0.3 is 5.73 Å². The van der Waals surface area contributed by atoms with Gasteiger partial charge in [-0.3, -0.25) is 4.68 Å². The van der Waals surface area contributed by atoms with E-state index < -0.39 is 0 Å². The molecule has 1 aromatic rings. The van der Waals surface area contributed by atoms with Crippen molar-refractivity contribution < 1.29 is 0 Å². The molecule has 84 valence electrons. The molecule has 0 bridgehead atoms. The first-order valence-electron chi connectivity index (χ1n) is 5.99. The van der Waals surface area contributed by atoms with Crippen LogP contribution in [-0.4, -0.2) is 9.78 Å². The predicted molar refractivity (Wildman–Crippen MR) is 61.5 cm³/mol. The molecule has 1 saturated carbocycles. The topological polar surface area (TPSA) is 43.8 Å². The first-order valence-corrected chi connectivity index (χ1v) is 5.99. The van der Waals surface area contributed by atoms with Gasteiger partial charge in [0, 0.05) is 13.1 Å². The fourth-order valence-electron chi connectivity index (χ4n) is 2.03. The van der Waals surface area contributed by atoms with Crippen LogP contribution in [0, 0.1) is 5.92 Å². The predicted octanol–water partition coefficient (Wildman–Crippen LogP) is 2.17. The van der Waals surface area contributed by atoms with E-state index in [4.69, 9.17) is 5.73 Å². The van der Waals surface area contributed by atoms with Gasteiger partial charge in [-0.25, -0.2) is 0 Å². The Balaban J connectivity index is 1.96. The van der Waals surface area contributed by atoms with Crippen molar-refractivity contribution in [3.8, 4) is 0 Å². The Bertz CT molecular complexity index is 326. The van der Waals surface area contributed by atoms with Crippen molar-refractivity contribution in [2.75, 3.05) is 0 Å². The van der Waals surface area contributed by atoms with E-state index >= 15 is 0 Å². The molecule has 1 atom stereocenters. The lowest BCUT2D eigenvalue weighted by Gasteiger charge is -2.11. The highest BCUT2D eigenvalue weighted by atomic mass is 15.3. The number of aromatic nitrogens is 2. The summed E-state index contributed by atoms with van der Waals surface area (Å²) >= 11 is 0. The second kappa shape index (κ2) is 4.35. The van der Waals surface area contributed by atoms with Gasteiger partial charge in [0.25, 0.3) is 0 Å². The molecule has 2 rings (SSSR count). The lowest BCUT2D eigenvalue weighted by molar-refractivity contribution is 0.537. The van der Waals surface area contributed by atoms with E-state index in [1.807, 2.05) is 11.7 Å². The molecular weight excluding hydrogens is 186 g/mol. The van der Waals surface area contributed by atoms with Gasteiger partial charge in [0.1, 0.15) is 0 Å². The van der Waals surface area contributed by atoms with Crippen LogP contribution < -0.4 is 5.73 Å². The Hall–Kier alpha value is -0.830. The smallest absolute Gasteiger partial charge is 0.0625 e. The van der Waals surface area contributed by atoms with Gasteiger partial charge in [-0.1, -0.05) is 19.8 Å². The molecule has 0 amide bonds. The zero-order valence-corrected chi connectivity index (χ0v) is 9.74. The van der Waals surface area contributed by atoms with Crippen molar-refractivity contribution in [2.45, 2.75) is 45.1 Å². The molecule has 0 radical (unpaired) electrons. The quantitative estimate of drug-likeness (QED) is 0.804. The minimum Gasteiger partial charge on any atom is -0.323 e. The summed E-state index contributed by atoms with van der Waals surface area (Å²) in [5, 5.41) is 4.43. The van der Waals surface area contributed by atoms with E-state index in [2.05, 4.69) is 18.1 Å². The molecule has 0 spiro atoms. The molecule has 0 aliphatic heterocycles. The van der Waals surface area contributed by atoms with E-state index in [0.717, 1.165) is 24.5 Å². The third-order valence-corrected chi connectivity index (χ3v) is 3.29. The number of hydrogen-bond acceptors (Lipinski definition) is 2. The molecule has 1 fully saturated rings. The van der Waals surface area contributed by atoms with Crippen molar-refractivity contribution >= 4 is 0 Å². The van der Waals surface area contributed by atoms with Crippen molar-refractivity contribution in [2.24, 2.45) is 18.7 Å². The average molecular weight is 207 g/mol. The lowest BCUT2D eigenvalue weighted by atomic mass is 10.1. The van der Waals surface area contributed by atoms with Crippen LogP contribution in [0.4, 0.5) is 0 Å². The SMILES string of the molecule is CCc1cc(C(N)CCC2CC2)n(C)n1. The van der Waals surface area contributed by atoms with Crippen LogP contribution in [0.15, 0.2) is 6.07 Å². The van der Waals surface area contributed by atoms with Gasteiger partial charge in [0.15, 0.2) is 0 Å². The first-order chi connectivity index (χ1) is 7.20. The summed E-state index contributed by atoms with van der Waals surface area (Å²) in [4.78, 5) is 0. The lowest BCUT2D eigenvalue weighted by Crippen LogP contribution is -2.14. The summed E-state index contributed by atoms with van der Waals surface area (Å²) in [6.07, 6.45) is 6.21. The molecule has 15 heavy (non-hydrogen) atoms. The number of nitrogens with two attached hydrogens (primary N) is 1. The highest BCUT2D eigenvalue weighted by Crippen LogP contribution is 2.35. The fourth-order valence-corrected chi connectivity index (χ4v) is 2.03. The average Bonchev–Trinajstić information content (AvgIpc) is 2.97. The minimum absolute atomic E-state index is 0.170. The van der Waals surface area contributed by atoms with Crippen molar-refractivity contribution in [1.82, 2.24) is 9.78 Å². The number of rotatable bonds is 5. The molecule has 1 aliphatic rings. The molecule has 1 unspecified atom stereocenters. The Labute approximate surface area is 91.7 Å². The minimum atomic E-state index is 0.170. The normalized spacial score (nSPS) is 18.1. The summed E-state index contributed by atoms with van der Waals surface area (Å²) in [5.74, 6) is 0.968. The summed E-state index contributed by atoms with van der Waals surface area (Å²) in [6.45, 7) is 2.13. The van der Waals surface area contributed by atoms with Gasteiger partial charge in [-0.05, 0) is 31.2 Å². The highest BCUT2D eigenvalue weighted by Gasteiger charge is 2.22. The van der Waals surface area contributed by atoms with Crippen molar-refractivity contribution in [1.29, 1.82) is 0 Å². The number of hydrogen-bond donors (Lipinski definition) is 1. The second-order valence-corrected chi connectivity index (χ2v) is 4.66. The Kier molecular flexibility index (Phi) is 3.10. The summed E-state index contributed by atoms with van der Waals surface area (Å²) in [5.41, 5.74) is 8.51. The maximum atomic E-state index is 6.18. The standard InChI is InChI=1S/C12H21N3/c1-3-10-8-12(15(2)14-10)11(13)7-6-9-4-5-9/h8-9,11H,3-7,13H2,1-2H3. The maximum absolute atomic E-state index is 6.18.